The van der Waals surface area contributed by atoms with Crippen molar-refractivity contribution in [3.8, 4) is 0 Å². The number of carbonyl (C=O) groups excluding carboxylic acids is 1. The zero-order chi connectivity index (χ0) is 12.4. The molecular formula is C13H19N3O. The number of benzene rings is 1. The zero-order valence-electron chi connectivity index (χ0n) is 10.4. The fourth-order valence-electron chi connectivity index (χ4n) is 2.13. The Hall–Kier alpha value is -1.71. The summed E-state index contributed by atoms with van der Waals surface area (Å²) >= 11 is 0. The van der Waals surface area contributed by atoms with Gasteiger partial charge in [0.25, 0.3) is 0 Å². The van der Waals surface area contributed by atoms with Crippen molar-refractivity contribution in [2.24, 2.45) is 0 Å². The van der Waals surface area contributed by atoms with Gasteiger partial charge in [-0.1, -0.05) is 0 Å². The van der Waals surface area contributed by atoms with Gasteiger partial charge in [-0.15, -0.1) is 0 Å². The fraction of sp³-hybridized carbons (Fsp3) is 0.462. The maximum Gasteiger partial charge on any atom is 0.222 e. The molecule has 1 heterocycles. The second-order valence-electron chi connectivity index (χ2n) is 4.73. The number of hydrogen-bond acceptors (Lipinski definition) is 3. The Morgan fingerprint density at radius 3 is 2.88 bits per heavy atom. The van der Waals surface area contributed by atoms with Crippen LogP contribution in [0.25, 0.3) is 0 Å². The van der Waals surface area contributed by atoms with Crippen LogP contribution in [0.3, 0.4) is 0 Å². The number of carbonyl (C=O) groups is 1. The van der Waals surface area contributed by atoms with Crippen LogP contribution in [0.4, 0.5) is 11.4 Å². The summed E-state index contributed by atoms with van der Waals surface area (Å²) in [5.74, 6) is 0.233. The largest absolute Gasteiger partial charge is 0.399 e. The van der Waals surface area contributed by atoms with Crippen LogP contribution in [-0.2, 0) is 4.79 Å². The summed E-state index contributed by atoms with van der Waals surface area (Å²) < 4.78 is 0. The van der Waals surface area contributed by atoms with Gasteiger partial charge in [0.2, 0.25) is 5.91 Å². The van der Waals surface area contributed by atoms with Gasteiger partial charge in [0.05, 0.1) is 0 Å². The Morgan fingerprint density at radius 2 is 2.24 bits per heavy atom. The van der Waals surface area contributed by atoms with Crippen molar-refractivity contribution in [2.45, 2.75) is 25.8 Å². The SMILES string of the molecule is Cc1cc(NC2CCC(=O)N(C)C2)ccc1N. The number of aryl methyl sites for hydroxylation is 1. The van der Waals surface area contributed by atoms with Gasteiger partial charge in [-0.3, -0.25) is 4.79 Å². The number of nitrogens with two attached hydrogens (primary N) is 1. The van der Waals surface area contributed by atoms with Crippen LogP contribution in [-0.4, -0.2) is 30.4 Å². The summed E-state index contributed by atoms with van der Waals surface area (Å²) in [6.45, 7) is 2.76. The van der Waals surface area contributed by atoms with Crippen LogP contribution < -0.4 is 11.1 Å². The van der Waals surface area contributed by atoms with Gasteiger partial charge < -0.3 is 16.0 Å². The van der Waals surface area contributed by atoms with E-state index in [2.05, 4.69) is 5.32 Å². The molecule has 2 rings (SSSR count). The molecule has 0 spiro atoms. The highest BCUT2D eigenvalue weighted by Crippen LogP contribution is 2.20. The third-order valence-electron chi connectivity index (χ3n) is 3.27. The zero-order valence-corrected chi connectivity index (χ0v) is 10.4. The Balaban J connectivity index is 2.01. The molecule has 0 aromatic heterocycles. The number of amides is 1. The van der Waals surface area contributed by atoms with Crippen molar-refractivity contribution in [3.05, 3.63) is 23.8 Å². The van der Waals surface area contributed by atoms with Crippen LogP contribution in [0.5, 0.6) is 0 Å². The Kier molecular flexibility index (Phi) is 3.22. The van der Waals surface area contributed by atoms with Crippen molar-refractivity contribution < 1.29 is 4.79 Å². The highest BCUT2D eigenvalue weighted by molar-refractivity contribution is 5.77. The number of likely N-dealkylation sites (tertiary alicyclic amines) is 1. The molecule has 17 heavy (non-hydrogen) atoms. The lowest BCUT2D eigenvalue weighted by atomic mass is 10.0. The van der Waals surface area contributed by atoms with Gasteiger partial charge in [-0.05, 0) is 37.1 Å². The first-order valence-electron chi connectivity index (χ1n) is 5.93. The predicted molar refractivity (Wildman–Crippen MR) is 69.9 cm³/mol. The first kappa shape index (κ1) is 11.8. The molecule has 0 bridgehead atoms. The van der Waals surface area contributed by atoms with Crippen LogP contribution in [0.1, 0.15) is 18.4 Å². The van der Waals surface area contributed by atoms with Gasteiger partial charge in [-0.2, -0.15) is 0 Å². The molecule has 1 amide bonds. The number of nitrogen functional groups attached to an aromatic ring is 1. The number of likely N-dealkylation sites (N-methyl/N-ethyl adjacent to an activating group) is 1. The summed E-state index contributed by atoms with van der Waals surface area (Å²) in [5.41, 5.74) is 8.75. The Labute approximate surface area is 102 Å². The van der Waals surface area contributed by atoms with Crippen molar-refractivity contribution in [2.75, 3.05) is 24.6 Å². The number of nitrogens with one attached hydrogen (secondary N) is 1. The average molecular weight is 233 g/mol. The Morgan fingerprint density at radius 1 is 1.47 bits per heavy atom. The van der Waals surface area contributed by atoms with Crippen LogP contribution in [0.2, 0.25) is 0 Å². The first-order chi connectivity index (χ1) is 8.06. The standard InChI is InChI=1S/C13H19N3O/c1-9-7-10(3-5-12(9)14)15-11-4-6-13(17)16(2)8-11/h3,5,7,11,15H,4,6,8,14H2,1-2H3. The maximum absolute atomic E-state index is 11.4. The van der Waals surface area contributed by atoms with E-state index in [4.69, 9.17) is 5.73 Å². The normalized spacial score (nSPS) is 20.5. The molecule has 1 aromatic carbocycles. The van der Waals surface area contributed by atoms with E-state index >= 15 is 0 Å². The molecule has 1 atom stereocenters. The molecule has 0 radical (unpaired) electrons. The lowest BCUT2D eigenvalue weighted by Crippen LogP contribution is -2.43. The van der Waals surface area contributed by atoms with Gasteiger partial charge in [0.1, 0.15) is 0 Å². The van der Waals surface area contributed by atoms with Crippen molar-refractivity contribution in [1.82, 2.24) is 4.90 Å². The van der Waals surface area contributed by atoms with E-state index in [0.717, 1.165) is 29.9 Å². The molecule has 1 saturated heterocycles. The Bertz CT molecular complexity index is 431. The topological polar surface area (TPSA) is 58.4 Å². The molecule has 3 N–H and O–H groups in total. The first-order valence-corrected chi connectivity index (χ1v) is 5.93. The van der Waals surface area contributed by atoms with Gasteiger partial charge in [-0.25, -0.2) is 0 Å². The number of rotatable bonds is 2. The molecular weight excluding hydrogens is 214 g/mol. The molecule has 4 nitrogen and oxygen atoms in total. The van der Waals surface area contributed by atoms with Crippen LogP contribution >= 0.6 is 0 Å². The van der Waals surface area contributed by atoms with E-state index in [0.29, 0.717) is 12.5 Å². The van der Waals surface area contributed by atoms with E-state index in [-0.39, 0.29) is 5.91 Å². The number of piperidine rings is 1. The van der Waals surface area contributed by atoms with Crippen molar-refractivity contribution in [1.29, 1.82) is 0 Å². The van der Waals surface area contributed by atoms with Crippen molar-refractivity contribution in [3.63, 3.8) is 0 Å². The summed E-state index contributed by atoms with van der Waals surface area (Å²) in [5, 5.41) is 3.45. The second-order valence-corrected chi connectivity index (χ2v) is 4.73. The quantitative estimate of drug-likeness (QED) is 0.763. The third-order valence-corrected chi connectivity index (χ3v) is 3.27. The lowest BCUT2D eigenvalue weighted by molar-refractivity contribution is -0.132. The molecule has 92 valence electrons. The van der Waals surface area contributed by atoms with E-state index in [9.17, 15) is 4.79 Å². The van der Waals surface area contributed by atoms with Crippen LogP contribution in [0, 0.1) is 6.92 Å². The summed E-state index contributed by atoms with van der Waals surface area (Å²) in [6.07, 6.45) is 1.52. The highest BCUT2D eigenvalue weighted by atomic mass is 16.2. The van der Waals surface area contributed by atoms with Crippen LogP contribution in [0.15, 0.2) is 18.2 Å². The van der Waals surface area contributed by atoms with E-state index < -0.39 is 0 Å². The molecule has 0 aliphatic carbocycles. The summed E-state index contributed by atoms with van der Waals surface area (Å²) in [7, 11) is 1.85. The fourth-order valence-corrected chi connectivity index (χ4v) is 2.13. The number of hydrogen-bond donors (Lipinski definition) is 2. The summed E-state index contributed by atoms with van der Waals surface area (Å²) in [4.78, 5) is 13.2. The smallest absolute Gasteiger partial charge is 0.222 e. The maximum atomic E-state index is 11.4. The minimum absolute atomic E-state index is 0.233. The van der Waals surface area contributed by atoms with E-state index in [1.54, 1.807) is 4.90 Å². The summed E-state index contributed by atoms with van der Waals surface area (Å²) in [6, 6.07) is 6.28. The predicted octanol–water partition coefficient (Wildman–Crippen LogP) is 1.61. The lowest BCUT2D eigenvalue weighted by Gasteiger charge is -2.30. The molecule has 1 unspecified atom stereocenters. The van der Waals surface area contributed by atoms with E-state index in [1.165, 1.54) is 0 Å². The molecule has 4 heteroatoms. The van der Waals surface area contributed by atoms with Gasteiger partial charge in [0, 0.05) is 37.4 Å². The molecule has 1 fully saturated rings. The molecule has 1 aromatic rings. The highest BCUT2D eigenvalue weighted by Gasteiger charge is 2.22. The van der Waals surface area contributed by atoms with Gasteiger partial charge in [0.15, 0.2) is 0 Å². The molecule has 1 aliphatic heterocycles. The average Bonchev–Trinajstić information content (AvgIpc) is 2.29. The monoisotopic (exact) mass is 233 g/mol. The minimum Gasteiger partial charge on any atom is -0.399 e. The minimum atomic E-state index is 0.233. The molecule has 1 aliphatic rings. The number of anilines is 2. The second kappa shape index (κ2) is 4.65. The molecule has 0 saturated carbocycles. The van der Waals surface area contributed by atoms with Gasteiger partial charge >= 0.3 is 0 Å². The third kappa shape index (κ3) is 2.70. The number of nitrogens with zero attached hydrogens (tertiary/aromatic N) is 1. The van der Waals surface area contributed by atoms with E-state index in [1.807, 2.05) is 32.2 Å². The van der Waals surface area contributed by atoms with Crippen molar-refractivity contribution >= 4 is 17.3 Å².